The van der Waals surface area contributed by atoms with Crippen LogP contribution in [0.25, 0.3) is 0 Å². The van der Waals surface area contributed by atoms with E-state index in [-0.39, 0.29) is 11.5 Å². The van der Waals surface area contributed by atoms with Crippen LogP contribution < -0.4 is 0 Å². The first-order valence-corrected chi connectivity index (χ1v) is 7.98. The molecule has 3 atom stereocenters. The van der Waals surface area contributed by atoms with Gasteiger partial charge in [0.15, 0.2) is 0 Å². The van der Waals surface area contributed by atoms with E-state index in [1.165, 1.54) is 6.08 Å². The van der Waals surface area contributed by atoms with E-state index in [1.807, 2.05) is 25.2 Å². The molecule has 2 aliphatic carbocycles. The van der Waals surface area contributed by atoms with Crippen molar-refractivity contribution in [3.8, 4) is 0 Å². The van der Waals surface area contributed by atoms with Gasteiger partial charge >= 0.3 is 17.9 Å². The minimum Gasteiger partial charge on any atom is -0.478 e. The van der Waals surface area contributed by atoms with Crippen LogP contribution in [-0.2, 0) is 23.9 Å². The van der Waals surface area contributed by atoms with Crippen molar-refractivity contribution in [1.82, 2.24) is 0 Å². The van der Waals surface area contributed by atoms with Gasteiger partial charge in [-0.15, -0.1) is 0 Å². The number of aliphatic carboxylic acids is 1. The first-order chi connectivity index (χ1) is 12.0. The van der Waals surface area contributed by atoms with Crippen LogP contribution in [-0.4, -0.2) is 35.7 Å². The SMILES string of the molecule is CC1C=CC=CC1C(=O)OC[C@@H](OC(=O)C1=CCC=CC=C1)C(=O)O. The molecule has 0 saturated heterocycles. The molecule has 2 unspecified atom stereocenters. The average Bonchev–Trinajstić information content (AvgIpc) is 2.87. The summed E-state index contributed by atoms with van der Waals surface area (Å²) in [6.07, 6.45) is 14.6. The van der Waals surface area contributed by atoms with E-state index in [0.29, 0.717) is 6.42 Å². The fraction of sp³-hybridized carbons (Fsp3) is 0.316. The van der Waals surface area contributed by atoms with Gasteiger partial charge in [-0.1, -0.05) is 55.5 Å². The molecule has 0 aromatic heterocycles. The molecule has 0 radical (unpaired) electrons. The number of carboxylic acids is 1. The Kier molecular flexibility index (Phi) is 6.51. The summed E-state index contributed by atoms with van der Waals surface area (Å²) in [7, 11) is 0. The molecule has 2 rings (SSSR count). The van der Waals surface area contributed by atoms with E-state index < -0.39 is 36.5 Å². The molecule has 25 heavy (non-hydrogen) atoms. The monoisotopic (exact) mass is 344 g/mol. The first-order valence-electron chi connectivity index (χ1n) is 7.98. The lowest BCUT2D eigenvalue weighted by Crippen LogP contribution is -2.34. The largest absolute Gasteiger partial charge is 0.478 e. The molecular formula is C19H20O6. The molecule has 0 amide bonds. The van der Waals surface area contributed by atoms with Crippen molar-refractivity contribution >= 4 is 17.9 Å². The summed E-state index contributed by atoms with van der Waals surface area (Å²) in [5.41, 5.74) is 0.261. The Bertz CT molecular complexity index is 680. The van der Waals surface area contributed by atoms with Crippen LogP contribution in [0.3, 0.4) is 0 Å². The van der Waals surface area contributed by atoms with Gasteiger partial charge in [0.1, 0.15) is 6.61 Å². The molecule has 132 valence electrons. The predicted molar refractivity (Wildman–Crippen MR) is 90.4 cm³/mol. The molecule has 0 aromatic rings. The van der Waals surface area contributed by atoms with E-state index in [0.717, 1.165) is 0 Å². The van der Waals surface area contributed by atoms with Gasteiger partial charge in [-0.05, 0) is 18.4 Å². The standard InChI is InChI=1S/C19H20O6/c1-13-8-6-7-11-15(13)19(23)24-12-16(17(20)21)25-18(22)14-9-4-2-3-5-10-14/h2-4,6-11,13,15-16H,5,12H2,1H3,(H,20,21)/t13?,15?,16-/m1/s1. The van der Waals surface area contributed by atoms with Gasteiger partial charge in [-0.3, -0.25) is 4.79 Å². The fourth-order valence-electron chi connectivity index (χ4n) is 2.35. The minimum atomic E-state index is -1.56. The van der Waals surface area contributed by atoms with Crippen LogP contribution >= 0.6 is 0 Å². The van der Waals surface area contributed by atoms with E-state index in [1.54, 1.807) is 30.4 Å². The molecule has 0 aliphatic heterocycles. The average molecular weight is 344 g/mol. The zero-order valence-corrected chi connectivity index (χ0v) is 13.8. The lowest BCUT2D eigenvalue weighted by Gasteiger charge is -2.20. The second-order valence-electron chi connectivity index (χ2n) is 5.70. The highest BCUT2D eigenvalue weighted by Crippen LogP contribution is 2.20. The number of carbonyl (C=O) groups excluding carboxylic acids is 2. The van der Waals surface area contributed by atoms with E-state index >= 15 is 0 Å². The first kappa shape index (κ1) is 18.4. The van der Waals surface area contributed by atoms with Gasteiger partial charge < -0.3 is 14.6 Å². The summed E-state index contributed by atoms with van der Waals surface area (Å²) in [4.78, 5) is 35.5. The lowest BCUT2D eigenvalue weighted by atomic mass is 9.90. The number of esters is 2. The summed E-state index contributed by atoms with van der Waals surface area (Å²) in [5.74, 6) is -3.21. The smallest absolute Gasteiger partial charge is 0.348 e. The normalized spacial score (nSPS) is 22.7. The van der Waals surface area contributed by atoms with E-state index in [4.69, 9.17) is 9.47 Å². The summed E-state index contributed by atoms with van der Waals surface area (Å²) in [6.45, 7) is 1.33. The highest BCUT2D eigenvalue weighted by Gasteiger charge is 2.29. The van der Waals surface area contributed by atoms with Gasteiger partial charge in [0.25, 0.3) is 0 Å². The third kappa shape index (κ3) is 5.31. The number of hydrogen-bond acceptors (Lipinski definition) is 5. The van der Waals surface area contributed by atoms with Crippen molar-refractivity contribution in [3.63, 3.8) is 0 Å². The van der Waals surface area contributed by atoms with Gasteiger partial charge in [-0.25, -0.2) is 9.59 Å². The molecule has 0 bridgehead atoms. The molecule has 2 aliphatic rings. The third-order valence-corrected chi connectivity index (χ3v) is 3.82. The Morgan fingerprint density at radius 2 is 1.96 bits per heavy atom. The number of carbonyl (C=O) groups is 3. The molecule has 0 heterocycles. The number of allylic oxidation sites excluding steroid dienone is 7. The molecule has 6 heteroatoms. The van der Waals surface area contributed by atoms with Crippen LogP contribution in [0.15, 0.2) is 60.3 Å². The maximum atomic E-state index is 12.1. The molecule has 0 saturated carbocycles. The Balaban J connectivity index is 1.92. The molecule has 0 aromatic carbocycles. The zero-order chi connectivity index (χ0) is 18.2. The molecule has 6 nitrogen and oxygen atoms in total. The second kappa shape index (κ2) is 8.82. The van der Waals surface area contributed by atoms with Crippen molar-refractivity contribution in [1.29, 1.82) is 0 Å². The molecule has 0 spiro atoms. The Morgan fingerprint density at radius 3 is 2.68 bits per heavy atom. The minimum absolute atomic E-state index is 0.0443. The number of carboxylic acid groups (broad SMARTS) is 1. The van der Waals surface area contributed by atoms with Crippen molar-refractivity contribution in [2.24, 2.45) is 11.8 Å². The molecular weight excluding hydrogens is 324 g/mol. The van der Waals surface area contributed by atoms with Crippen LogP contribution in [0.4, 0.5) is 0 Å². The number of rotatable bonds is 6. The van der Waals surface area contributed by atoms with Crippen molar-refractivity contribution in [2.45, 2.75) is 19.4 Å². The topological polar surface area (TPSA) is 89.9 Å². The summed E-state index contributed by atoms with van der Waals surface area (Å²) < 4.78 is 10.0. The Hall–Kier alpha value is -2.89. The summed E-state index contributed by atoms with van der Waals surface area (Å²) in [6, 6.07) is 0. The van der Waals surface area contributed by atoms with Crippen LogP contribution in [0, 0.1) is 11.8 Å². The highest BCUT2D eigenvalue weighted by molar-refractivity contribution is 5.93. The van der Waals surface area contributed by atoms with Crippen LogP contribution in [0.5, 0.6) is 0 Å². The Labute approximate surface area is 145 Å². The summed E-state index contributed by atoms with van der Waals surface area (Å²) in [5, 5.41) is 9.21. The maximum Gasteiger partial charge on any atom is 0.348 e. The van der Waals surface area contributed by atoms with E-state index in [2.05, 4.69) is 0 Å². The molecule has 0 fully saturated rings. The maximum absolute atomic E-state index is 12.1. The zero-order valence-electron chi connectivity index (χ0n) is 13.8. The molecule has 1 N–H and O–H groups in total. The highest BCUT2D eigenvalue weighted by atomic mass is 16.6. The van der Waals surface area contributed by atoms with Crippen LogP contribution in [0.2, 0.25) is 0 Å². The quantitative estimate of drug-likeness (QED) is 0.744. The van der Waals surface area contributed by atoms with Crippen LogP contribution in [0.1, 0.15) is 13.3 Å². The lowest BCUT2D eigenvalue weighted by molar-refractivity contribution is -0.169. The van der Waals surface area contributed by atoms with Gasteiger partial charge in [0.2, 0.25) is 6.10 Å². The van der Waals surface area contributed by atoms with Gasteiger partial charge in [0, 0.05) is 0 Å². The summed E-state index contributed by atoms with van der Waals surface area (Å²) >= 11 is 0. The predicted octanol–water partition coefficient (Wildman–Crippen LogP) is 2.35. The second-order valence-corrected chi connectivity index (χ2v) is 5.70. The van der Waals surface area contributed by atoms with E-state index in [9.17, 15) is 19.5 Å². The number of hydrogen-bond donors (Lipinski definition) is 1. The number of ether oxygens (including phenoxy) is 2. The van der Waals surface area contributed by atoms with Crippen molar-refractivity contribution in [3.05, 3.63) is 60.3 Å². The van der Waals surface area contributed by atoms with Crippen molar-refractivity contribution in [2.75, 3.05) is 6.61 Å². The van der Waals surface area contributed by atoms with Crippen molar-refractivity contribution < 1.29 is 29.0 Å². The van der Waals surface area contributed by atoms with Gasteiger partial charge in [0.05, 0.1) is 11.5 Å². The Morgan fingerprint density at radius 1 is 1.20 bits per heavy atom. The third-order valence-electron chi connectivity index (χ3n) is 3.82. The van der Waals surface area contributed by atoms with Gasteiger partial charge in [-0.2, -0.15) is 0 Å². The fourth-order valence-corrected chi connectivity index (χ4v) is 2.35.